The van der Waals surface area contributed by atoms with Gasteiger partial charge in [0.1, 0.15) is 12.0 Å². The van der Waals surface area contributed by atoms with Crippen LogP contribution in [0.3, 0.4) is 0 Å². The van der Waals surface area contributed by atoms with Crippen molar-refractivity contribution in [3.63, 3.8) is 0 Å². The topological polar surface area (TPSA) is 66.5 Å². The highest BCUT2D eigenvalue weighted by Gasteiger charge is 2.03. The van der Waals surface area contributed by atoms with Crippen LogP contribution in [0.2, 0.25) is 0 Å². The van der Waals surface area contributed by atoms with Crippen molar-refractivity contribution in [2.75, 3.05) is 6.54 Å². The number of nitrogens with zero attached hydrogens (tertiary/aromatic N) is 3. The Morgan fingerprint density at radius 1 is 1.38 bits per heavy atom. The van der Waals surface area contributed by atoms with Crippen molar-refractivity contribution in [3.8, 4) is 11.5 Å². The molecule has 0 unspecified atom stereocenters. The molecule has 2 aromatic rings. The lowest BCUT2D eigenvalue weighted by molar-refractivity contribution is 0.666. The van der Waals surface area contributed by atoms with Gasteiger partial charge in [0.15, 0.2) is 5.82 Å². The summed E-state index contributed by atoms with van der Waals surface area (Å²) in [7, 11) is 0. The van der Waals surface area contributed by atoms with Crippen molar-refractivity contribution in [3.05, 3.63) is 30.5 Å². The molecule has 0 aliphatic heterocycles. The molecule has 0 saturated heterocycles. The largest absolute Gasteiger partial charge is 0.339 e. The normalized spacial score (nSPS) is 10.6. The molecule has 2 rings (SSSR count). The fourth-order valence-electron chi connectivity index (χ4n) is 1.41. The van der Waals surface area contributed by atoms with E-state index in [9.17, 15) is 0 Å². The number of nitrogens with one attached hydrogen (secondary N) is 2. The minimum absolute atomic E-state index is 0.788. The van der Waals surface area contributed by atoms with Crippen LogP contribution in [-0.2, 0) is 6.54 Å². The van der Waals surface area contributed by atoms with E-state index in [1.807, 2.05) is 12.3 Å². The summed E-state index contributed by atoms with van der Waals surface area (Å²) in [6.45, 7) is 3.97. The summed E-state index contributed by atoms with van der Waals surface area (Å²) in [5, 5.41) is 3.31. The van der Waals surface area contributed by atoms with E-state index in [4.69, 9.17) is 0 Å². The highest BCUT2D eigenvalue weighted by molar-refractivity contribution is 5.47. The summed E-state index contributed by atoms with van der Waals surface area (Å²) in [5.41, 5.74) is 1.89. The summed E-state index contributed by atoms with van der Waals surface area (Å²) >= 11 is 0. The first-order valence-corrected chi connectivity index (χ1v) is 5.41. The van der Waals surface area contributed by atoms with Gasteiger partial charge in [-0.05, 0) is 19.0 Å². The van der Waals surface area contributed by atoms with E-state index in [0.717, 1.165) is 36.7 Å². The SMILES string of the molecule is CCCNCc1cnc(-c2ccncn2)[nH]1. The zero-order valence-electron chi connectivity index (χ0n) is 9.27. The van der Waals surface area contributed by atoms with Crippen LogP contribution in [0.25, 0.3) is 11.5 Å². The first-order valence-electron chi connectivity index (χ1n) is 5.41. The van der Waals surface area contributed by atoms with Gasteiger partial charge < -0.3 is 10.3 Å². The van der Waals surface area contributed by atoms with Gasteiger partial charge in [-0.1, -0.05) is 6.92 Å². The van der Waals surface area contributed by atoms with Crippen LogP contribution in [0.15, 0.2) is 24.8 Å². The van der Waals surface area contributed by atoms with Crippen LogP contribution in [0.1, 0.15) is 19.0 Å². The van der Waals surface area contributed by atoms with Crippen LogP contribution in [0.4, 0.5) is 0 Å². The van der Waals surface area contributed by atoms with E-state index >= 15 is 0 Å². The molecule has 84 valence electrons. The number of hydrogen-bond acceptors (Lipinski definition) is 4. The molecule has 0 bridgehead atoms. The number of aromatic nitrogens is 4. The summed E-state index contributed by atoms with van der Waals surface area (Å²) < 4.78 is 0. The molecule has 5 heteroatoms. The quantitative estimate of drug-likeness (QED) is 0.742. The van der Waals surface area contributed by atoms with Gasteiger partial charge in [0.2, 0.25) is 0 Å². The molecule has 0 atom stereocenters. The van der Waals surface area contributed by atoms with E-state index in [1.165, 1.54) is 6.33 Å². The Labute approximate surface area is 94.4 Å². The second-order valence-corrected chi connectivity index (χ2v) is 3.53. The van der Waals surface area contributed by atoms with Crippen LogP contribution >= 0.6 is 0 Å². The molecule has 16 heavy (non-hydrogen) atoms. The highest BCUT2D eigenvalue weighted by atomic mass is 15.0. The third-order valence-corrected chi connectivity index (χ3v) is 2.20. The predicted molar refractivity (Wildman–Crippen MR) is 61.6 cm³/mol. The average Bonchev–Trinajstić information content (AvgIpc) is 2.79. The summed E-state index contributed by atoms with van der Waals surface area (Å²) in [6.07, 6.45) is 6.19. The minimum Gasteiger partial charge on any atom is -0.339 e. The van der Waals surface area contributed by atoms with Crippen molar-refractivity contribution in [2.24, 2.45) is 0 Å². The number of aromatic amines is 1. The fraction of sp³-hybridized carbons (Fsp3) is 0.364. The molecular weight excluding hydrogens is 202 g/mol. The fourth-order valence-corrected chi connectivity index (χ4v) is 1.41. The molecule has 0 aliphatic carbocycles. The zero-order valence-corrected chi connectivity index (χ0v) is 9.27. The van der Waals surface area contributed by atoms with Gasteiger partial charge >= 0.3 is 0 Å². The molecule has 0 saturated carbocycles. The molecule has 0 aliphatic rings. The van der Waals surface area contributed by atoms with E-state index in [1.54, 1.807) is 6.20 Å². The van der Waals surface area contributed by atoms with Crippen LogP contribution in [-0.4, -0.2) is 26.5 Å². The molecule has 5 nitrogen and oxygen atoms in total. The predicted octanol–water partition coefficient (Wildman–Crippen LogP) is 1.37. The number of imidazole rings is 1. The molecule has 0 spiro atoms. The lowest BCUT2D eigenvalue weighted by atomic mass is 10.4. The molecule has 2 heterocycles. The lowest BCUT2D eigenvalue weighted by Crippen LogP contribution is -2.13. The van der Waals surface area contributed by atoms with Crippen LogP contribution < -0.4 is 5.32 Å². The van der Waals surface area contributed by atoms with E-state index < -0.39 is 0 Å². The molecular formula is C11H15N5. The Morgan fingerprint density at radius 2 is 2.31 bits per heavy atom. The van der Waals surface area contributed by atoms with Gasteiger partial charge in [-0.2, -0.15) is 0 Å². The van der Waals surface area contributed by atoms with Gasteiger partial charge in [-0.25, -0.2) is 15.0 Å². The van der Waals surface area contributed by atoms with Crippen molar-refractivity contribution < 1.29 is 0 Å². The molecule has 2 N–H and O–H groups in total. The molecule has 0 aromatic carbocycles. The average molecular weight is 217 g/mol. The maximum absolute atomic E-state index is 4.28. The Balaban J connectivity index is 2.02. The van der Waals surface area contributed by atoms with Crippen LogP contribution in [0.5, 0.6) is 0 Å². The number of rotatable bonds is 5. The van der Waals surface area contributed by atoms with E-state index in [-0.39, 0.29) is 0 Å². The maximum atomic E-state index is 4.28. The first kappa shape index (κ1) is 10.8. The molecule has 2 aromatic heterocycles. The Kier molecular flexibility index (Phi) is 3.61. The molecule has 0 fully saturated rings. The van der Waals surface area contributed by atoms with Gasteiger partial charge in [0.25, 0.3) is 0 Å². The van der Waals surface area contributed by atoms with E-state index in [0.29, 0.717) is 0 Å². The number of H-pyrrole nitrogens is 1. The van der Waals surface area contributed by atoms with Gasteiger partial charge in [-0.15, -0.1) is 0 Å². The Hall–Kier alpha value is -1.75. The van der Waals surface area contributed by atoms with Crippen molar-refractivity contribution in [1.82, 2.24) is 25.3 Å². The second kappa shape index (κ2) is 5.37. The summed E-state index contributed by atoms with van der Waals surface area (Å²) in [5.74, 6) is 0.788. The third-order valence-electron chi connectivity index (χ3n) is 2.20. The first-order chi connectivity index (χ1) is 7.90. The Bertz CT molecular complexity index is 423. The highest BCUT2D eigenvalue weighted by Crippen LogP contribution is 2.10. The van der Waals surface area contributed by atoms with Gasteiger partial charge in [0, 0.05) is 18.4 Å². The molecule has 0 radical (unpaired) electrons. The van der Waals surface area contributed by atoms with Crippen molar-refractivity contribution in [2.45, 2.75) is 19.9 Å². The maximum Gasteiger partial charge on any atom is 0.156 e. The number of hydrogen-bond donors (Lipinski definition) is 2. The van der Waals surface area contributed by atoms with Crippen LogP contribution in [0, 0.1) is 0 Å². The van der Waals surface area contributed by atoms with E-state index in [2.05, 4.69) is 32.2 Å². The standard InChI is InChI=1S/C11H15N5/c1-2-4-12-6-9-7-14-11(16-9)10-3-5-13-8-15-10/h3,5,7-8,12H,2,4,6H2,1H3,(H,14,16). The van der Waals surface area contributed by atoms with Crippen molar-refractivity contribution >= 4 is 0 Å². The summed E-state index contributed by atoms with van der Waals surface area (Å²) in [4.78, 5) is 15.5. The summed E-state index contributed by atoms with van der Waals surface area (Å²) in [6, 6.07) is 1.84. The van der Waals surface area contributed by atoms with Gasteiger partial charge in [0.05, 0.1) is 6.20 Å². The second-order valence-electron chi connectivity index (χ2n) is 3.53. The Morgan fingerprint density at radius 3 is 3.06 bits per heavy atom. The zero-order chi connectivity index (χ0) is 11.2. The third kappa shape index (κ3) is 2.64. The molecule has 0 amide bonds. The monoisotopic (exact) mass is 217 g/mol. The minimum atomic E-state index is 0.788. The lowest BCUT2D eigenvalue weighted by Gasteiger charge is -1.99. The smallest absolute Gasteiger partial charge is 0.156 e. The van der Waals surface area contributed by atoms with Gasteiger partial charge in [-0.3, -0.25) is 0 Å². The van der Waals surface area contributed by atoms with Crippen molar-refractivity contribution in [1.29, 1.82) is 0 Å².